The molecule has 0 amide bonds. The zero-order chi connectivity index (χ0) is 14.0. The predicted molar refractivity (Wildman–Crippen MR) is 69.9 cm³/mol. The van der Waals surface area contributed by atoms with Crippen molar-refractivity contribution in [3.8, 4) is 5.82 Å². The molecule has 1 N–H and O–H groups in total. The Morgan fingerprint density at radius 1 is 1.42 bits per heavy atom. The molecule has 0 spiro atoms. The molecule has 6 nitrogen and oxygen atoms in total. The van der Waals surface area contributed by atoms with Crippen molar-refractivity contribution >= 4 is 17.6 Å². The number of carboxylic acid groups (broad SMARTS) is 1. The highest BCUT2D eigenvalue weighted by Crippen LogP contribution is 2.23. The van der Waals surface area contributed by atoms with Gasteiger partial charge in [-0.25, -0.2) is 14.8 Å². The molecule has 0 radical (unpaired) electrons. The van der Waals surface area contributed by atoms with Gasteiger partial charge in [-0.2, -0.15) is 4.68 Å². The number of aromatic nitrogens is 4. The van der Waals surface area contributed by atoms with Gasteiger partial charge in [0.05, 0.1) is 10.6 Å². The monoisotopic (exact) mass is 280 g/mol. The highest BCUT2D eigenvalue weighted by molar-refractivity contribution is 6.35. The Morgan fingerprint density at radius 3 is 2.74 bits per heavy atom. The number of hydrogen-bond donors (Lipinski definition) is 1. The largest absolute Gasteiger partial charge is 0.478 e. The summed E-state index contributed by atoms with van der Waals surface area (Å²) >= 11 is 6.09. The molecule has 2 rings (SSSR count). The first-order valence-electron chi connectivity index (χ1n) is 5.91. The fourth-order valence-electron chi connectivity index (χ4n) is 1.69. The number of rotatable bonds is 4. The highest BCUT2D eigenvalue weighted by atomic mass is 35.5. The Hall–Kier alpha value is -1.95. The summed E-state index contributed by atoms with van der Waals surface area (Å²) in [7, 11) is 0. The fourth-order valence-corrected chi connectivity index (χ4v) is 1.96. The summed E-state index contributed by atoms with van der Waals surface area (Å²) in [6.07, 6.45) is 2.75. The fraction of sp³-hybridized carbons (Fsp3) is 0.333. The van der Waals surface area contributed by atoms with Gasteiger partial charge in [0.1, 0.15) is 5.82 Å². The average molecular weight is 281 g/mol. The first kappa shape index (κ1) is 13.5. The summed E-state index contributed by atoms with van der Waals surface area (Å²) in [5.74, 6) is 0.581. The van der Waals surface area contributed by atoms with Crippen molar-refractivity contribution in [2.24, 2.45) is 0 Å². The summed E-state index contributed by atoms with van der Waals surface area (Å²) < 4.78 is 1.51. The Labute approximate surface area is 115 Å². The molecule has 0 aromatic carbocycles. The van der Waals surface area contributed by atoms with Crippen molar-refractivity contribution in [2.45, 2.75) is 26.7 Å². The molecule has 0 unspecified atom stereocenters. The van der Waals surface area contributed by atoms with Crippen LogP contribution in [0.25, 0.3) is 5.82 Å². The van der Waals surface area contributed by atoms with Crippen LogP contribution in [0.1, 0.15) is 35.9 Å². The van der Waals surface area contributed by atoms with E-state index in [1.165, 1.54) is 16.9 Å². The summed E-state index contributed by atoms with van der Waals surface area (Å²) in [6.45, 7) is 3.89. The van der Waals surface area contributed by atoms with E-state index in [0.29, 0.717) is 30.3 Å². The average Bonchev–Trinajstić information content (AvgIpc) is 2.81. The predicted octanol–water partition coefficient (Wildman–Crippen LogP) is 2.14. The molecular weight excluding hydrogens is 268 g/mol. The molecule has 0 aliphatic rings. The van der Waals surface area contributed by atoms with Gasteiger partial charge in [-0.1, -0.05) is 25.4 Å². The number of carboxylic acids is 1. The van der Waals surface area contributed by atoms with Crippen LogP contribution in [-0.4, -0.2) is 30.8 Å². The van der Waals surface area contributed by atoms with E-state index in [0.717, 1.165) is 0 Å². The lowest BCUT2D eigenvalue weighted by molar-refractivity contribution is 0.0697. The number of aryl methyl sites for hydroxylation is 2. The highest BCUT2D eigenvalue weighted by Gasteiger charge is 2.18. The van der Waals surface area contributed by atoms with E-state index >= 15 is 0 Å². The number of nitrogens with zero attached hydrogens (tertiary/aromatic N) is 4. The quantitative estimate of drug-likeness (QED) is 0.928. The van der Waals surface area contributed by atoms with Crippen LogP contribution in [0.15, 0.2) is 12.3 Å². The molecule has 7 heteroatoms. The third kappa shape index (κ3) is 2.44. The number of pyridine rings is 1. The molecule has 0 saturated carbocycles. The van der Waals surface area contributed by atoms with Crippen LogP contribution in [0, 0.1) is 0 Å². The van der Waals surface area contributed by atoms with Crippen LogP contribution in [0.2, 0.25) is 5.02 Å². The van der Waals surface area contributed by atoms with Gasteiger partial charge in [0, 0.05) is 19.0 Å². The Bertz CT molecular complexity index is 624. The van der Waals surface area contributed by atoms with Crippen LogP contribution >= 0.6 is 11.6 Å². The van der Waals surface area contributed by atoms with Crippen molar-refractivity contribution in [3.05, 3.63) is 34.5 Å². The standard InChI is InChI=1S/C12H13ClN4O2/c1-3-8-15-9(4-2)17(16-8)11-10(13)7(12(18)19)5-6-14-11/h5-6H,3-4H2,1-2H3,(H,18,19). The van der Waals surface area contributed by atoms with E-state index in [-0.39, 0.29) is 10.6 Å². The maximum atomic E-state index is 11.1. The molecule has 0 fully saturated rings. The van der Waals surface area contributed by atoms with E-state index in [4.69, 9.17) is 16.7 Å². The molecule has 0 aliphatic carbocycles. The van der Waals surface area contributed by atoms with E-state index in [1.807, 2.05) is 13.8 Å². The summed E-state index contributed by atoms with van der Waals surface area (Å²) in [6, 6.07) is 1.36. The van der Waals surface area contributed by atoms with Gasteiger partial charge < -0.3 is 5.11 Å². The third-order valence-corrected chi connectivity index (χ3v) is 3.02. The van der Waals surface area contributed by atoms with E-state index in [9.17, 15) is 4.79 Å². The Balaban J connectivity index is 2.61. The van der Waals surface area contributed by atoms with Crippen molar-refractivity contribution < 1.29 is 9.90 Å². The molecule has 0 bridgehead atoms. The first-order chi connectivity index (χ1) is 9.08. The first-order valence-corrected chi connectivity index (χ1v) is 6.29. The molecule has 2 heterocycles. The van der Waals surface area contributed by atoms with Crippen LogP contribution in [0.4, 0.5) is 0 Å². The van der Waals surface area contributed by atoms with Gasteiger partial charge >= 0.3 is 5.97 Å². The molecule has 2 aromatic heterocycles. The minimum absolute atomic E-state index is 0.00210. The Morgan fingerprint density at radius 2 is 2.16 bits per heavy atom. The maximum Gasteiger partial charge on any atom is 0.337 e. The van der Waals surface area contributed by atoms with Crippen LogP contribution in [-0.2, 0) is 12.8 Å². The lowest BCUT2D eigenvalue weighted by atomic mass is 10.2. The zero-order valence-corrected chi connectivity index (χ0v) is 11.3. The van der Waals surface area contributed by atoms with Gasteiger partial charge in [0.2, 0.25) is 0 Å². The second-order valence-corrected chi connectivity index (χ2v) is 4.24. The third-order valence-electron chi connectivity index (χ3n) is 2.65. The minimum atomic E-state index is -1.09. The van der Waals surface area contributed by atoms with Crippen molar-refractivity contribution in [1.82, 2.24) is 19.7 Å². The van der Waals surface area contributed by atoms with Gasteiger partial charge in [0.15, 0.2) is 11.6 Å². The topological polar surface area (TPSA) is 80.9 Å². The van der Waals surface area contributed by atoms with Crippen molar-refractivity contribution in [2.75, 3.05) is 0 Å². The lowest BCUT2D eigenvalue weighted by Crippen LogP contribution is -2.08. The van der Waals surface area contributed by atoms with E-state index < -0.39 is 5.97 Å². The number of halogens is 1. The zero-order valence-electron chi connectivity index (χ0n) is 10.6. The molecular formula is C12H13ClN4O2. The number of hydrogen-bond acceptors (Lipinski definition) is 4. The van der Waals surface area contributed by atoms with Crippen molar-refractivity contribution in [3.63, 3.8) is 0 Å². The molecule has 2 aromatic rings. The summed E-state index contributed by atoms with van der Waals surface area (Å²) in [5, 5.41) is 13.4. The number of aromatic carboxylic acids is 1. The summed E-state index contributed by atoms with van der Waals surface area (Å²) in [4.78, 5) is 19.5. The molecule has 0 saturated heterocycles. The lowest BCUT2D eigenvalue weighted by Gasteiger charge is -2.07. The molecule has 0 atom stereocenters. The molecule has 19 heavy (non-hydrogen) atoms. The maximum absolute atomic E-state index is 11.1. The second-order valence-electron chi connectivity index (χ2n) is 3.86. The smallest absolute Gasteiger partial charge is 0.337 e. The minimum Gasteiger partial charge on any atom is -0.478 e. The van der Waals surface area contributed by atoms with Gasteiger partial charge in [0.25, 0.3) is 0 Å². The normalized spacial score (nSPS) is 10.7. The van der Waals surface area contributed by atoms with E-state index in [2.05, 4.69) is 15.1 Å². The second kappa shape index (κ2) is 5.36. The molecule has 0 aliphatic heterocycles. The van der Waals surface area contributed by atoms with Crippen LogP contribution in [0.3, 0.4) is 0 Å². The van der Waals surface area contributed by atoms with Gasteiger partial charge in [-0.3, -0.25) is 0 Å². The summed E-state index contributed by atoms with van der Waals surface area (Å²) in [5.41, 5.74) is 0.00210. The Kier molecular flexibility index (Phi) is 3.80. The molecule has 100 valence electrons. The van der Waals surface area contributed by atoms with Gasteiger partial charge in [-0.05, 0) is 6.07 Å². The number of carbonyl (C=O) groups is 1. The van der Waals surface area contributed by atoms with Crippen LogP contribution in [0.5, 0.6) is 0 Å². The van der Waals surface area contributed by atoms with Crippen molar-refractivity contribution in [1.29, 1.82) is 0 Å². The van der Waals surface area contributed by atoms with E-state index in [1.54, 1.807) is 0 Å². The SMILES string of the molecule is CCc1nc(CC)n(-c2nccc(C(=O)O)c2Cl)n1. The van der Waals surface area contributed by atoms with Gasteiger partial charge in [-0.15, -0.1) is 5.10 Å². The van der Waals surface area contributed by atoms with Crippen LogP contribution < -0.4 is 0 Å².